The summed E-state index contributed by atoms with van der Waals surface area (Å²) >= 11 is 6.43. The molecular weight excluding hydrogens is 415 g/mol. The van der Waals surface area contributed by atoms with Gasteiger partial charge in [-0.3, -0.25) is 0 Å². The molecule has 1 radical (unpaired) electrons. The summed E-state index contributed by atoms with van der Waals surface area (Å²) in [5.74, 6) is 2.41. The minimum absolute atomic E-state index is 0. The Hall–Kier alpha value is 1.61. The smallest absolute Gasteiger partial charge is 0.793 e. The first-order valence-electron chi connectivity index (χ1n) is 8.43. The molecule has 0 aliphatic carbocycles. The van der Waals surface area contributed by atoms with Crippen LogP contribution >= 0.6 is 17.1 Å². The Morgan fingerprint density at radius 1 is 0.909 bits per heavy atom. The van der Waals surface area contributed by atoms with E-state index in [2.05, 4.69) is 27.7 Å². The predicted molar refractivity (Wildman–Crippen MR) is 99.3 cm³/mol. The number of hydrogen-bond acceptors (Lipinski definition) is 4. The van der Waals surface area contributed by atoms with Crippen LogP contribution in [0.2, 0.25) is 0 Å². The van der Waals surface area contributed by atoms with E-state index in [0.717, 1.165) is 36.9 Å². The van der Waals surface area contributed by atoms with Crippen LogP contribution in [-0.2, 0) is 37.4 Å². The van der Waals surface area contributed by atoms with Gasteiger partial charge in [-0.1, -0.05) is 78.0 Å². The molecule has 0 bridgehead atoms. The van der Waals surface area contributed by atoms with E-state index in [4.69, 9.17) is 16.3 Å². The van der Waals surface area contributed by atoms with E-state index in [0.29, 0.717) is 6.61 Å². The standard InChI is InChI=1S/C16H35O2PS2.Mo/c1-15(2)11-7-5-9-13-18-19(17,20)21-14-10-6-8-12-16(3)4;/h15-16H,5-14H2,1-4H3,(H,17,20);/q;+1/p-1. The maximum atomic E-state index is 12.1. The van der Waals surface area contributed by atoms with Gasteiger partial charge in [0.25, 0.3) is 0 Å². The van der Waals surface area contributed by atoms with E-state index in [1.807, 2.05) is 0 Å². The summed E-state index contributed by atoms with van der Waals surface area (Å²) in [6.45, 7) is 9.54. The van der Waals surface area contributed by atoms with E-state index in [1.54, 1.807) is 0 Å². The van der Waals surface area contributed by atoms with Crippen molar-refractivity contribution < 1.29 is 30.5 Å². The third-order valence-electron chi connectivity index (χ3n) is 3.35. The van der Waals surface area contributed by atoms with Crippen molar-refractivity contribution in [2.75, 3.05) is 12.4 Å². The van der Waals surface area contributed by atoms with Gasteiger partial charge in [0.2, 0.25) is 0 Å². The molecule has 1 unspecified atom stereocenters. The number of hydrogen-bond donors (Lipinski definition) is 0. The molecule has 0 saturated heterocycles. The molecule has 133 valence electrons. The normalized spacial score (nSPS) is 14.1. The molecule has 0 spiro atoms. The molecule has 0 aromatic rings. The molecule has 22 heavy (non-hydrogen) atoms. The molecule has 0 heterocycles. The minimum atomic E-state index is -2.83. The van der Waals surface area contributed by atoms with E-state index in [9.17, 15) is 4.89 Å². The van der Waals surface area contributed by atoms with Gasteiger partial charge in [-0.25, -0.2) is 0 Å². The van der Waals surface area contributed by atoms with Gasteiger partial charge in [0.15, 0.2) is 0 Å². The van der Waals surface area contributed by atoms with E-state index in [-0.39, 0.29) is 21.1 Å². The van der Waals surface area contributed by atoms with Crippen LogP contribution in [0, 0.1) is 11.8 Å². The quantitative estimate of drug-likeness (QED) is 0.192. The molecule has 2 nitrogen and oxygen atoms in total. The zero-order valence-electron chi connectivity index (χ0n) is 14.7. The van der Waals surface area contributed by atoms with Crippen LogP contribution in [0.15, 0.2) is 0 Å². The molecule has 0 aromatic carbocycles. The molecule has 0 N–H and O–H groups in total. The Morgan fingerprint density at radius 3 is 1.91 bits per heavy atom. The summed E-state index contributed by atoms with van der Waals surface area (Å²) in [6, 6.07) is 0. The van der Waals surface area contributed by atoms with E-state index >= 15 is 0 Å². The van der Waals surface area contributed by atoms with Crippen LogP contribution in [-0.4, -0.2) is 12.4 Å². The molecule has 0 aromatic heterocycles. The van der Waals surface area contributed by atoms with Crippen LogP contribution in [0.4, 0.5) is 0 Å². The van der Waals surface area contributed by atoms with Crippen LogP contribution in [0.25, 0.3) is 0 Å². The van der Waals surface area contributed by atoms with E-state index < -0.39 is 5.69 Å². The Balaban J connectivity index is 0. The van der Waals surface area contributed by atoms with Crippen LogP contribution in [0.5, 0.6) is 0 Å². The molecule has 0 aliphatic rings. The second-order valence-corrected chi connectivity index (χ2v) is 12.8. The first-order valence-corrected chi connectivity index (χ1v) is 12.7. The zero-order valence-corrected chi connectivity index (χ0v) is 19.2. The van der Waals surface area contributed by atoms with Crippen molar-refractivity contribution in [3.05, 3.63) is 0 Å². The van der Waals surface area contributed by atoms with Gasteiger partial charge < -0.3 is 9.42 Å². The second-order valence-electron chi connectivity index (χ2n) is 6.60. The minimum Gasteiger partial charge on any atom is -0.793 e. The largest absolute Gasteiger partial charge is 1.00 e. The molecule has 6 heteroatoms. The summed E-state index contributed by atoms with van der Waals surface area (Å²) in [4.78, 5) is 12.1. The van der Waals surface area contributed by atoms with Crippen molar-refractivity contribution in [2.45, 2.75) is 79.1 Å². The first-order chi connectivity index (χ1) is 9.83. The predicted octanol–water partition coefficient (Wildman–Crippen LogP) is 5.75. The summed E-state index contributed by atoms with van der Waals surface area (Å²) in [5, 5.41) is 0. The van der Waals surface area contributed by atoms with Crippen molar-refractivity contribution in [1.82, 2.24) is 0 Å². The van der Waals surface area contributed by atoms with Crippen molar-refractivity contribution in [2.24, 2.45) is 11.8 Å². The molecule has 1 atom stereocenters. The molecule has 0 aliphatic heterocycles. The molecular formula is C16H34MoO2PS2. The van der Waals surface area contributed by atoms with Crippen molar-refractivity contribution in [3.8, 4) is 0 Å². The van der Waals surface area contributed by atoms with Gasteiger partial charge >= 0.3 is 21.1 Å². The van der Waals surface area contributed by atoms with Gasteiger partial charge in [0.05, 0.1) is 6.61 Å². The van der Waals surface area contributed by atoms with Gasteiger partial charge in [-0.05, 0) is 30.4 Å². The Labute approximate surface area is 162 Å². The summed E-state index contributed by atoms with van der Waals surface area (Å²) in [5.41, 5.74) is -2.83. The van der Waals surface area contributed by atoms with E-state index in [1.165, 1.54) is 43.5 Å². The van der Waals surface area contributed by atoms with Gasteiger partial charge in [-0.2, -0.15) is 0 Å². The fourth-order valence-corrected chi connectivity index (χ4v) is 5.44. The number of unbranched alkanes of at least 4 members (excludes halogenated alkanes) is 4. The summed E-state index contributed by atoms with van der Waals surface area (Å²) < 4.78 is 5.41. The third-order valence-corrected chi connectivity index (χ3v) is 7.71. The fraction of sp³-hybridized carbons (Fsp3) is 1.00. The average molecular weight is 449 g/mol. The Kier molecular flexibility index (Phi) is 18.9. The molecule has 0 fully saturated rings. The maximum Gasteiger partial charge on any atom is 1.00 e. The van der Waals surface area contributed by atoms with Crippen molar-refractivity contribution in [1.29, 1.82) is 0 Å². The van der Waals surface area contributed by atoms with Crippen LogP contribution in [0.1, 0.15) is 79.1 Å². The summed E-state index contributed by atoms with van der Waals surface area (Å²) in [6.07, 6.45) is 9.45. The van der Waals surface area contributed by atoms with Crippen LogP contribution in [0.3, 0.4) is 0 Å². The van der Waals surface area contributed by atoms with Gasteiger partial charge in [0.1, 0.15) is 0 Å². The van der Waals surface area contributed by atoms with Crippen LogP contribution < -0.4 is 4.89 Å². The van der Waals surface area contributed by atoms with Crippen molar-refractivity contribution in [3.63, 3.8) is 0 Å². The van der Waals surface area contributed by atoms with Gasteiger partial charge in [0, 0.05) is 5.69 Å². The monoisotopic (exact) mass is 451 g/mol. The molecule has 0 amide bonds. The second kappa shape index (κ2) is 16.1. The Bertz CT molecular complexity index is 265. The Morgan fingerprint density at radius 2 is 1.41 bits per heavy atom. The molecule has 0 rings (SSSR count). The number of rotatable bonds is 14. The first kappa shape index (κ1) is 25.8. The topological polar surface area (TPSA) is 32.3 Å². The fourth-order valence-electron chi connectivity index (χ4n) is 2.05. The van der Waals surface area contributed by atoms with Gasteiger partial charge in [-0.15, -0.1) is 11.4 Å². The average Bonchev–Trinajstić information content (AvgIpc) is 2.37. The SMILES string of the molecule is CC(C)CCCCCOP([O-])(=S)SCCCCCC(C)C.[Mo+]. The summed E-state index contributed by atoms with van der Waals surface area (Å²) in [7, 11) is 0. The maximum absolute atomic E-state index is 12.1. The zero-order chi connectivity index (χ0) is 16.1. The third kappa shape index (κ3) is 19.7. The van der Waals surface area contributed by atoms with Crippen molar-refractivity contribution >= 4 is 28.9 Å². The molecule has 0 saturated carbocycles.